The van der Waals surface area contributed by atoms with E-state index in [-0.39, 0.29) is 18.1 Å². The molecule has 1 amide bonds. The molecule has 130 valence electrons. The lowest BCUT2D eigenvalue weighted by atomic mass is 10.1. The van der Waals surface area contributed by atoms with Gasteiger partial charge in [-0.05, 0) is 19.8 Å². The number of likely N-dealkylation sites (tertiary alicyclic amines) is 1. The van der Waals surface area contributed by atoms with Gasteiger partial charge in [0.2, 0.25) is 0 Å². The van der Waals surface area contributed by atoms with Crippen molar-refractivity contribution in [3.63, 3.8) is 0 Å². The number of carbonyl (C=O) groups is 1. The minimum Gasteiger partial charge on any atom is -0.393 e. The molecule has 2 aromatic rings. The molecule has 2 aromatic heterocycles. The number of hydrogen-bond donors (Lipinski definition) is 1. The zero-order chi connectivity index (χ0) is 17.1. The van der Waals surface area contributed by atoms with E-state index in [1.54, 1.807) is 24.2 Å². The van der Waals surface area contributed by atoms with Crippen molar-refractivity contribution in [3.05, 3.63) is 34.1 Å². The summed E-state index contributed by atoms with van der Waals surface area (Å²) in [6.45, 7) is 4.20. The van der Waals surface area contributed by atoms with Crippen LogP contribution in [0.15, 0.2) is 22.2 Å². The largest absolute Gasteiger partial charge is 0.393 e. The molecule has 0 radical (unpaired) electrons. The summed E-state index contributed by atoms with van der Waals surface area (Å²) < 4.78 is 5.32. The molecule has 0 saturated carbocycles. The van der Waals surface area contributed by atoms with Gasteiger partial charge in [-0.15, -0.1) is 11.3 Å². The van der Waals surface area contributed by atoms with Gasteiger partial charge in [-0.3, -0.25) is 9.69 Å². The molecule has 7 nitrogen and oxygen atoms in total. The Balaban J connectivity index is 1.61. The minimum absolute atomic E-state index is 0.110. The second kappa shape index (κ2) is 7.42. The first-order chi connectivity index (χ1) is 11.5. The van der Waals surface area contributed by atoms with E-state index in [1.165, 1.54) is 11.3 Å². The van der Waals surface area contributed by atoms with Crippen LogP contribution < -0.4 is 0 Å². The summed E-state index contributed by atoms with van der Waals surface area (Å²) in [5.74, 6) is 0.492. The van der Waals surface area contributed by atoms with Gasteiger partial charge < -0.3 is 14.5 Å². The molecule has 1 fully saturated rings. The van der Waals surface area contributed by atoms with Crippen molar-refractivity contribution < 1.29 is 14.4 Å². The zero-order valence-corrected chi connectivity index (χ0v) is 14.7. The van der Waals surface area contributed by atoms with Gasteiger partial charge in [0, 0.05) is 37.8 Å². The van der Waals surface area contributed by atoms with Crippen LogP contribution in [-0.4, -0.2) is 57.2 Å². The molecular weight excluding hydrogens is 328 g/mol. The van der Waals surface area contributed by atoms with Crippen LogP contribution in [-0.2, 0) is 6.54 Å². The first-order valence-corrected chi connectivity index (χ1v) is 8.95. The van der Waals surface area contributed by atoms with E-state index < -0.39 is 0 Å². The Kier molecular flexibility index (Phi) is 5.27. The Morgan fingerprint density at radius 1 is 1.54 bits per heavy atom. The fraction of sp³-hybridized carbons (Fsp3) is 0.562. The summed E-state index contributed by atoms with van der Waals surface area (Å²) >= 11 is 1.52. The average molecular weight is 350 g/mol. The van der Waals surface area contributed by atoms with Crippen LogP contribution in [0.25, 0.3) is 0 Å². The van der Waals surface area contributed by atoms with Gasteiger partial charge in [0.15, 0.2) is 11.5 Å². The Labute approximate surface area is 144 Å². The quantitative estimate of drug-likeness (QED) is 0.887. The number of aliphatic hydroxyl groups excluding tert-OH is 1. The normalized spacial score (nSPS) is 17.8. The molecule has 1 aliphatic rings. The van der Waals surface area contributed by atoms with Gasteiger partial charge in [-0.2, -0.15) is 0 Å². The van der Waals surface area contributed by atoms with Crippen LogP contribution in [0, 0.1) is 0 Å². The van der Waals surface area contributed by atoms with Crippen molar-refractivity contribution in [1.82, 2.24) is 19.9 Å². The van der Waals surface area contributed by atoms with E-state index in [2.05, 4.69) is 15.0 Å². The number of rotatable bonds is 5. The Hall–Kier alpha value is -1.77. The van der Waals surface area contributed by atoms with Crippen molar-refractivity contribution >= 4 is 17.2 Å². The molecule has 1 atom stereocenters. The van der Waals surface area contributed by atoms with Crippen molar-refractivity contribution in [3.8, 4) is 0 Å². The molecule has 3 heterocycles. The van der Waals surface area contributed by atoms with E-state index in [4.69, 9.17) is 4.52 Å². The highest BCUT2D eigenvalue weighted by atomic mass is 32.1. The number of carbonyl (C=O) groups excluding carboxylic acids is 1. The van der Waals surface area contributed by atoms with E-state index in [9.17, 15) is 9.90 Å². The van der Waals surface area contributed by atoms with Crippen LogP contribution in [0.5, 0.6) is 0 Å². The van der Waals surface area contributed by atoms with Crippen LogP contribution in [0.2, 0.25) is 0 Å². The maximum atomic E-state index is 12.6. The first kappa shape index (κ1) is 17.1. The van der Waals surface area contributed by atoms with Crippen LogP contribution in [0.1, 0.15) is 47.1 Å². The van der Waals surface area contributed by atoms with E-state index in [1.807, 2.05) is 12.3 Å². The Bertz CT molecular complexity index is 665. The fourth-order valence-corrected chi connectivity index (χ4v) is 3.49. The smallest absolute Gasteiger partial charge is 0.276 e. The number of hydrogen-bond acceptors (Lipinski definition) is 7. The number of thiazole rings is 1. The molecule has 0 aliphatic carbocycles. The minimum atomic E-state index is -0.200. The van der Waals surface area contributed by atoms with Gasteiger partial charge in [-0.1, -0.05) is 5.16 Å². The SMILES string of the molecule is CC(c1nccs1)N(C)C(=O)c1cc(CN2CCC(O)CC2)on1. The van der Waals surface area contributed by atoms with Crippen LogP contribution in [0.3, 0.4) is 0 Å². The fourth-order valence-electron chi connectivity index (χ4n) is 2.75. The molecule has 0 aromatic carbocycles. The van der Waals surface area contributed by atoms with Gasteiger partial charge in [-0.25, -0.2) is 4.98 Å². The molecule has 3 rings (SSSR count). The van der Waals surface area contributed by atoms with Gasteiger partial charge in [0.05, 0.1) is 18.7 Å². The summed E-state index contributed by atoms with van der Waals surface area (Å²) in [7, 11) is 1.74. The third-order valence-electron chi connectivity index (χ3n) is 4.42. The standard InChI is InChI=1S/C16H22N4O3S/c1-11(15-17-5-8-24-15)19(2)16(22)14-9-13(23-18-14)10-20-6-3-12(21)4-7-20/h5,8-9,11-12,21H,3-4,6-7,10H2,1-2H3. The van der Waals surface area contributed by atoms with Crippen molar-refractivity contribution in [2.75, 3.05) is 20.1 Å². The molecule has 1 N–H and O–H groups in total. The third-order valence-corrected chi connectivity index (χ3v) is 5.37. The number of aromatic nitrogens is 2. The number of nitrogens with zero attached hydrogens (tertiary/aromatic N) is 4. The third kappa shape index (κ3) is 3.82. The average Bonchev–Trinajstić information content (AvgIpc) is 3.26. The summed E-state index contributed by atoms with van der Waals surface area (Å²) in [5.41, 5.74) is 0.313. The molecule has 1 unspecified atom stereocenters. The zero-order valence-electron chi connectivity index (χ0n) is 13.9. The summed E-state index contributed by atoms with van der Waals surface area (Å²) in [6, 6.07) is 1.60. The lowest BCUT2D eigenvalue weighted by Crippen LogP contribution is -2.35. The van der Waals surface area contributed by atoms with E-state index in [0.29, 0.717) is 18.0 Å². The number of aliphatic hydroxyl groups is 1. The van der Waals surface area contributed by atoms with Crippen molar-refractivity contribution in [2.24, 2.45) is 0 Å². The highest BCUT2D eigenvalue weighted by Gasteiger charge is 2.24. The summed E-state index contributed by atoms with van der Waals surface area (Å²) in [6.07, 6.45) is 3.08. The lowest BCUT2D eigenvalue weighted by Gasteiger charge is -2.28. The highest BCUT2D eigenvalue weighted by Crippen LogP contribution is 2.22. The molecule has 0 bridgehead atoms. The number of amides is 1. The molecule has 24 heavy (non-hydrogen) atoms. The van der Waals surface area contributed by atoms with Crippen molar-refractivity contribution in [2.45, 2.75) is 38.5 Å². The predicted octanol–water partition coefficient (Wildman–Crippen LogP) is 1.92. The molecular formula is C16H22N4O3S. The lowest BCUT2D eigenvalue weighted by molar-refractivity contribution is 0.0724. The first-order valence-electron chi connectivity index (χ1n) is 8.07. The van der Waals surface area contributed by atoms with E-state index >= 15 is 0 Å². The molecule has 1 aliphatic heterocycles. The molecule has 0 spiro atoms. The maximum absolute atomic E-state index is 12.6. The van der Waals surface area contributed by atoms with Crippen LogP contribution >= 0.6 is 11.3 Å². The summed E-state index contributed by atoms with van der Waals surface area (Å²) in [4.78, 5) is 20.6. The van der Waals surface area contributed by atoms with Crippen molar-refractivity contribution in [1.29, 1.82) is 0 Å². The Morgan fingerprint density at radius 2 is 2.29 bits per heavy atom. The molecule has 8 heteroatoms. The predicted molar refractivity (Wildman–Crippen MR) is 89.6 cm³/mol. The Morgan fingerprint density at radius 3 is 2.96 bits per heavy atom. The topological polar surface area (TPSA) is 82.7 Å². The highest BCUT2D eigenvalue weighted by molar-refractivity contribution is 7.09. The van der Waals surface area contributed by atoms with Gasteiger partial charge in [0.25, 0.3) is 5.91 Å². The molecule has 1 saturated heterocycles. The van der Waals surface area contributed by atoms with Gasteiger partial charge in [0.1, 0.15) is 5.01 Å². The number of piperidine rings is 1. The maximum Gasteiger partial charge on any atom is 0.276 e. The van der Waals surface area contributed by atoms with E-state index in [0.717, 1.165) is 30.9 Å². The monoisotopic (exact) mass is 350 g/mol. The second-order valence-corrected chi connectivity index (χ2v) is 7.07. The van der Waals surface area contributed by atoms with Crippen LogP contribution in [0.4, 0.5) is 0 Å². The summed E-state index contributed by atoms with van der Waals surface area (Å²) in [5, 5.41) is 16.3. The second-order valence-electron chi connectivity index (χ2n) is 6.15. The van der Waals surface area contributed by atoms with Gasteiger partial charge >= 0.3 is 0 Å².